The average molecular weight is 534 g/mol. The van der Waals surface area contributed by atoms with Crippen molar-refractivity contribution in [2.45, 2.75) is 142 Å². The molecule has 216 valence electrons. The van der Waals surface area contributed by atoms with E-state index < -0.39 is 29.1 Å². The number of hydrogen-bond donors (Lipinski definition) is 2. The number of ether oxygens (including phenoxy) is 2. The van der Waals surface area contributed by atoms with Crippen LogP contribution in [0.5, 0.6) is 0 Å². The van der Waals surface area contributed by atoms with E-state index in [4.69, 9.17) is 9.47 Å². The van der Waals surface area contributed by atoms with Crippen molar-refractivity contribution in [1.29, 1.82) is 0 Å². The lowest BCUT2D eigenvalue weighted by molar-refractivity contribution is -0.186. The van der Waals surface area contributed by atoms with Crippen LogP contribution in [0.3, 0.4) is 0 Å². The van der Waals surface area contributed by atoms with E-state index in [-0.39, 0.29) is 0 Å². The summed E-state index contributed by atoms with van der Waals surface area (Å²) in [5, 5.41) is 12.8. The van der Waals surface area contributed by atoms with Gasteiger partial charge in [0.15, 0.2) is 0 Å². The van der Waals surface area contributed by atoms with Gasteiger partial charge in [-0.1, -0.05) is 84.5 Å². The molecule has 0 saturated carbocycles. The first-order chi connectivity index (χ1) is 17.9. The Balaban J connectivity index is 2.72. The van der Waals surface area contributed by atoms with Gasteiger partial charge < -0.3 is 19.9 Å². The summed E-state index contributed by atoms with van der Waals surface area (Å²) in [6.45, 7) is 9.77. The molecule has 1 aromatic carbocycles. The Kier molecular flexibility index (Phi) is 15.1. The quantitative estimate of drug-likeness (QED) is 0.130. The average Bonchev–Trinajstić information content (AvgIpc) is 2.85. The van der Waals surface area contributed by atoms with E-state index in [1.165, 1.54) is 98.3 Å². The van der Waals surface area contributed by atoms with Gasteiger partial charge in [-0.3, -0.25) is 0 Å². The van der Waals surface area contributed by atoms with Crippen molar-refractivity contribution in [3.8, 4) is 0 Å². The Labute approximate surface area is 230 Å². The summed E-state index contributed by atoms with van der Waals surface area (Å²) in [6.07, 6.45) is 16.2. The van der Waals surface area contributed by atoms with Gasteiger partial charge in [0.2, 0.25) is 11.2 Å². The molecule has 0 heterocycles. The summed E-state index contributed by atoms with van der Waals surface area (Å²) in [5.41, 5.74) is -2.11. The van der Waals surface area contributed by atoms with Crippen LogP contribution in [0.15, 0.2) is 24.3 Å². The van der Waals surface area contributed by atoms with Crippen molar-refractivity contribution in [3.63, 3.8) is 0 Å². The molecule has 0 aliphatic rings. The monoisotopic (exact) mass is 533 g/mol. The molecular weight excluding hydrogens is 482 g/mol. The number of esters is 2. The maximum atomic E-state index is 12.7. The second-order valence-electron chi connectivity index (χ2n) is 11.3. The minimum atomic E-state index is -1.73. The highest BCUT2D eigenvalue weighted by atomic mass is 16.6. The zero-order valence-corrected chi connectivity index (χ0v) is 24.6. The fourth-order valence-electron chi connectivity index (χ4n) is 4.12. The molecule has 1 rings (SSSR count). The van der Waals surface area contributed by atoms with E-state index in [0.29, 0.717) is 11.6 Å². The van der Waals surface area contributed by atoms with Crippen molar-refractivity contribution in [3.05, 3.63) is 29.8 Å². The lowest BCUT2D eigenvalue weighted by Crippen LogP contribution is -2.46. The largest absolute Gasteiger partial charge is 0.478 e. The number of carboxylic acid groups (broad SMARTS) is 1. The molecule has 1 atom stereocenters. The van der Waals surface area contributed by atoms with Crippen molar-refractivity contribution < 1.29 is 29.0 Å². The predicted molar refractivity (Wildman–Crippen MR) is 153 cm³/mol. The summed E-state index contributed by atoms with van der Waals surface area (Å²) in [7, 11) is 0. The van der Waals surface area contributed by atoms with Crippen LogP contribution in [0.2, 0.25) is 0 Å². The zero-order chi connectivity index (χ0) is 28.6. The van der Waals surface area contributed by atoms with Crippen LogP contribution in [0, 0.1) is 0 Å². The maximum absolute atomic E-state index is 12.7. The zero-order valence-electron chi connectivity index (χ0n) is 24.6. The van der Waals surface area contributed by atoms with Crippen LogP contribution in [-0.2, 0) is 19.1 Å². The number of nitrogens with one attached hydrogen (secondary N) is 1. The molecule has 0 aliphatic heterocycles. The van der Waals surface area contributed by atoms with Gasteiger partial charge in [0.05, 0.1) is 5.56 Å². The number of anilines is 1. The number of carboxylic acids is 1. The van der Waals surface area contributed by atoms with E-state index in [0.717, 1.165) is 18.5 Å². The highest BCUT2D eigenvalue weighted by molar-refractivity contribution is 5.93. The van der Waals surface area contributed by atoms with Gasteiger partial charge in [0.1, 0.15) is 0 Å². The van der Waals surface area contributed by atoms with Gasteiger partial charge in [-0.05, 0) is 64.8 Å². The minimum Gasteiger partial charge on any atom is -0.478 e. The SMILES string of the molecule is CCCCCCCCC(CCCCCCC)Nc1ccc(C(=O)OC(C)(C)C(=O)OC(C)(C)C(=O)O)cc1. The molecule has 0 saturated heterocycles. The Morgan fingerprint density at radius 1 is 0.737 bits per heavy atom. The first kappa shape index (κ1) is 33.5. The molecule has 7 heteroatoms. The van der Waals surface area contributed by atoms with E-state index in [9.17, 15) is 19.5 Å². The van der Waals surface area contributed by atoms with Crippen LogP contribution in [0.1, 0.15) is 135 Å². The molecule has 0 aromatic heterocycles. The lowest BCUT2D eigenvalue weighted by Gasteiger charge is -2.28. The molecule has 0 aliphatic carbocycles. The Hall–Kier alpha value is -2.57. The first-order valence-corrected chi connectivity index (χ1v) is 14.5. The van der Waals surface area contributed by atoms with Gasteiger partial charge in [-0.15, -0.1) is 0 Å². The van der Waals surface area contributed by atoms with Crippen LogP contribution in [-0.4, -0.2) is 40.3 Å². The fraction of sp³-hybridized carbons (Fsp3) is 0.710. The topological polar surface area (TPSA) is 102 Å². The third-order valence-corrected chi connectivity index (χ3v) is 6.76. The van der Waals surface area contributed by atoms with Gasteiger partial charge >= 0.3 is 17.9 Å². The standard InChI is InChI=1S/C31H51NO6/c1-7-9-11-13-15-17-19-25(18-16-14-12-10-8-2)32-26-22-20-24(21-23-26)27(33)37-31(5,6)29(36)38-30(3,4)28(34)35/h20-23,25,32H,7-19H2,1-6H3,(H,34,35). The molecule has 38 heavy (non-hydrogen) atoms. The van der Waals surface area contributed by atoms with E-state index in [2.05, 4.69) is 19.2 Å². The number of aliphatic carboxylic acids is 1. The summed E-state index contributed by atoms with van der Waals surface area (Å²) >= 11 is 0. The van der Waals surface area contributed by atoms with Crippen molar-refractivity contribution in [1.82, 2.24) is 0 Å². The number of hydrogen-bond acceptors (Lipinski definition) is 6. The minimum absolute atomic E-state index is 0.306. The molecule has 0 amide bonds. The second kappa shape index (κ2) is 17.1. The van der Waals surface area contributed by atoms with E-state index in [1.54, 1.807) is 12.1 Å². The van der Waals surface area contributed by atoms with Gasteiger partial charge in [-0.2, -0.15) is 0 Å². The Morgan fingerprint density at radius 3 is 1.68 bits per heavy atom. The summed E-state index contributed by atoms with van der Waals surface area (Å²) in [4.78, 5) is 36.4. The highest BCUT2D eigenvalue weighted by Gasteiger charge is 2.41. The summed E-state index contributed by atoms with van der Waals surface area (Å²) in [5.74, 6) is -2.88. The molecule has 1 unspecified atom stereocenters. The predicted octanol–water partition coefficient (Wildman–Crippen LogP) is 7.92. The number of carbonyl (C=O) groups is 3. The number of benzene rings is 1. The van der Waals surface area contributed by atoms with E-state index in [1.807, 2.05) is 12.1 Å². The van der Waals surface area contributed by atoms with Crippen LogP contribution >= 0.6 is 0 Å². The molecule has 7 nitrogen and oxygen atoms in total. The molecular formula is C31H51NO6. The smallest absolute Gasteiger partial charge is 0.351 e. The summed E-state index contributed by atoms with van der Waals surface area (Å²) in [6, 6.07) is 7.47. The second-order valence-corrected chi connectivity index (χ2v) is 11.3. The van der Waals surface area contributed by atoms with Gasteiger partial charge in [0, 0.05) is 11.7 Å². The number of carbonyl (C=O) groups excluding carboxylic acids is 2. The Morgan fingerprint density at radius 2 is 1.21 bits per heavy atom. The third kappa shape index (κ3) is 12.8. The van der Waals surface area contributed by atoms with Crippen LogP contribution in [0.4, 0.5) is 5.69 Å². The van der Waals surface area contributed by atoms with Crippen LogP contribution < -0.4 is 5.32 Å². The normalized spacial score (nSPS) is 12.6. The highest BCUT2D eigenvalue weighted by Crippen LogP contribution is 2.22. The molecule has 1 aromatic rings. The molecule has 0 bridgehead atoms. The maximum Gasteiger partial charge on any atom is 0.351 e. The van der Waals surface area contributed by atoms with Crippen molar-refractivity contribution in [2.75, 3.05) is 5.32 Å². The van der Waals surface area contributed by atoms with Crippen LogP contribution in [0.25, 0.3) is 0 Å². The number of unbranched alkanes of at least 4 members (excludes halogenated alkanes) is 9. The third-order valence-electron chi connectivity index (χ3n) is 6.76. The first-order valence-electron chi connectivity index (χ1n) is 14.5. The van der Waals surface area contributed by atoms with Crippen molar-refractivity contribution >= 4 is 23.6 Å². The van der Waals surface area contributed by atoms with Gasteiger partial charge in [0.25, 0.3) is 0 Å². The molecule has 0 radical (unpaired) electrons. The molecule has 2 N–H and O–H groups in total. The fourth-order valence-corrected chi connectivity index (χ4v) is 4.12. The van der Waals surface area contributed by atoms with E-state index >= 15 is 0 Å². The Bertz CT molecular complexity index is 846. The van der Waals surface area contributed by atoms with Gasteiger partial charge in [-0.25, -0.2) is 14.4 Å². The lowest BCUT2D eigenvalue weighted by atomic mass is 10.00. The molecule has 0 fully saturated rings. The molecule has 0 spiro atoms. The van der Waals surface area contributed by atoms with Crippen molar-refractivity contribution in [2.24, 2.45) is 0 Å². The number of rotatable bonds is 20. The summed E-state index contributed by atoms with van der Waals surface area (Å²) < 4.78 is 10.4.